The Morgan fingerprint density at radius 1 is 0.913 bits per heavy atom. The van der Waals surface area contributed by atoms with Crippen LogP contribution in [0.15, 0.2) is 59.1 Å². The van der Waals surface area contributed by atoms with E-state index in [9.17, 15) is 4.39 Å². The number of para-hydroxylation sites is 2. The number of anilines is 4. The summed E-state index contributed by atoms with van der Waals surface area (Å²) in [6.07, 6.45) is 0. The van der Waals surface area contributed by atoms with Crippen LogP contribution in [0.5, 0.6) is 0 Å². The fraction of sp³-hybridized carbons (Fsp3) is 0.0588. The van der Waals surface area contributed by atoms with Crippen LogP contribution >= 0.6 is 15.9 Å². The molecule has 0 spiro atoms. The monoisotopic (exact) mass is 372 g/mol. The zero-order valence-corrected chi connectivity index (χ0v) is 13.9. The Balaban J connectivity index is 1.88. The molecule has 0 radical (unpaired) electrons. The van der Waals surface area contributed by atoms with Crippen molar-refractivity contribution in [2.24, 2.45) is 0 Å². The van der Waals surface area contributed by atoms with Gasteiger partial charge in [0.15, 0.2) is 0 Å². The Kier molecular flexibility index (Phi) is 4.52. The van der Waals surface area contributed by atoms with E-state index in [2.05, 4.69) is 36.5 Å². The average molecular weight is 373 g/mol. The standard InChI is InChI=1S/C17H14BrFN4/c1-11-10-16(21-15-9-5-3-7-13(15)19)23-17(20-11)22-14-8-4-2-6-12(14)18/h2-10H,1H3,(H2,20,21,22,23). The third kappa shape index (κ3) is 3.84. The highest BCUT2D eigenvalue weighted by molar-refractivity contribution is 9.10. The van der Waals surface area contributed by atoms with Gasteiger partial charge in [-0.05, 0) is 47.1 Å². The van der Waals surface area contributed by atoms with Crippen LogP contribution in [-0.4, -0.2) is 9.97 Å². The van der Waals surface area contributed by atoms with Crippen LogP contribution in [0, 0.1) is 12.7 Å². The van der Waals surface area contributed by atoms with Gasteiger partial charge in [-0.25, -0.2) is 9.37 Å². The predicted molar refractivity (Wildman–Crippen MR) is 93.9 cm³/mol. The summed E-state index contributed by atoms with van der Waals surface area (Å²) < 4.78 is 14.7. The van der Waals surface area contributed by atoms with Crippen molar-refractivity contribution in [1.29, 1.82) is 0 Å². The van der Waals surface area contributed by atoms with Gasteiger partial charge in [-0.2, -0.15) is 4.98 Å². The highest BCUT2D eigenvalue weighted by atomic mass is 79.9. The highest BCUT2D eigenvalue weighted by Gasteiger charge is 2.07. The van der Waals surface area contributed by atoms with Crippen molar-refractivity contribution < 1.29 is 4.39 Å². The van der Waals surface area contributed by atoms with Gasteiger partial charge in [-0.3, -0.25) is 0 Å². The van der Waals surface area contributed by atoms with Crippen molar-refractivity contribution in [3.05, 3.63) is 70.6 Å². The van der Waals surface area contributed by atoms with E-state index in [0.29, 0.717) is 17.5 Å². The van der Waals surface area contributed by atoms with Gasteiger partial charge in [-0.15, -0.1) is 0 Å². The number of halogens is 2. The lowest BCUT2D eigenvalue weighted by Crippen LogP contribution is -2.03. The van der Waals surface area contributed by atoms with Crippen molar-refractivity contribution in [3.63, 3.8) is 0 Å². The first-order valence-electron chi connectivity index (χ1n) is 7.00. The van der Waals surface area contributed by atoms with Crippen LogP contribution in [0.25, 0.3) is 0 Å². The minimum absolute atomic E-state index is 0.330. The topological polar surface area (TPSA) is 49.8 Å². The molecule has 1 heterocycles. The maximum atomic E-state index is 13.7. The Morgan fingerprint density at radius 2 is 1.61 bits per heavy atom. The molecule has 0 unspecified atom stereocenters. The molecule has 0 saturated carbocycles. The zero-order valence-electron chi connectivity index (χ0n) is 12.3. The van der Waals surface area contributed by atoms with Gasteiger partial charge in [0, 0.05) is 16.2 Å². The summed E-state index contributed by atoms with van der Waals surface area (Å²) >= 11 is 3.47. The smallest absolute Gasteiger partial charge is 0.229 e. The average Bonchev–Trinajstić information content (AvgIpc) is 2.51. The summed E-state index contributed by atoms with van der Waals surface area (Å²) in [6, 6.07) is 15.9. The molecular formula is C17H14BrFN4. The van der Waals surface area contributed by atoms with Crippen molar-refractivity contribution in [2.45, 2.75) is 6.92 Å². The summed E-state index contributed by atoms with van der Waals surface area (Å²) in [5, 5.41) is 6.13. The van der Waals surface area contributed by atoms with Gasteiger partial charge in [0.05, 0.1) is 11.4 Å². The molecule has 2 N–H and O–H groups in total. The molecule has 6 heteroatoms. The van der Waals surface area contributed by atoms with E-state index in [-0.39, 0.29) is 5.82 Å². The van der Waals surface area contributed by atoms with Crippen molar-refractivity contribution in [3.8, 4) is 0 Å². The molecule has 0 amide bonds. The minimum atomic E-state index is -0.330. The molecule has 2 aromatic carbocycles. The molecule has 1 aromatic heterocycles. The molecule has 116 valence electrons. The quantitative estimate of drug-likeness (QED) is 0.662. The molecular weight excluding hydrogens is 359 g/mol. The van der Waals surface area contributed by atoms with E-state index >= 15 is 0 Å². The largest absolute Gasteiger partial charge is 0.338 e. The second-order valence-corrected chi connectivity index (χ2v) is 5.78. The summed E-state index contributed by atoms with van der Waals surface area (Å²) in [5.74, 6) is 0.636. The van der Waals surface area contributed by atoms with Crippen LogP contribution in [0.3, 0.4) is 0 Å². The lowest BCUT2D eigenvalue weighted by atomic mass is 10.3. The molecule has 0 bridgehead atoms. The number of rotatable bonds is 4. The Bertz CT molecular complexity index is 773. The van der Waals surface area contributed by atoms with Gasteiger partial charge in [-0.1, -0.05) is 24.3 Å². The maximum Gasteiger partial charge on any atom is 0.229 e. The molecule has 3 aromatic rings. The van der Waals surface area contributed by atoms with E-state index in [4.69, 9.17) is 0 Å². The summed E-state index contributed by atoms with van der Waals surface area (Å²) in [7, 11) is 0. The second-order valence-electron chi connectivity index (χ2n) is 4.93. The van der Waals surface area contributed by atoms with Crippen LogP contribution in [0.2, 0.25) is 0 Å². The van der Waals surface area contributed by atoms with E-state index < -0.39 is 0 Å². The van der Waals surface area contributed by atoms with Gasteiger partial charge < -0.3 is 10.6 Å². The number of hydrogen-bond donors (Lipinski definition) is 2. The van der Waals surface area contributed by atoms with Crippen LogP contribution in [-0.2, 0) is 0 Å². The number of benzene rings is 2. The first-order chi connectivity index (χ1) is 11.1. The first-order valence-corrected chi connectivity index (χ1v) is 7.80. The Hall–Kier alpha value is -2.47. The maximum absolute atomic E-state index is 13.7. The number of hydrogen-bond acceptors (Lipinski definition) is 4. The molecule has 0 aliphatic carbocycles. The zero-order chi connectivity index (χ0) is 16.2. The van der Waals surface area contributed by atoms with Gasteiger partial charge in [0.1, 0.15) is 11.6 Å². The fourth-order valence-electron chi connectivity index (χ4n) is 2.07. The SMILES string of the molecule is Cc1cc(Nc2ccccc2F)nc(Nc2ccccc2Br)n1. The molecule has 0 aliphatic rings. The van der Waals surface area contributed by atoms with Gasteiger partial charge in [0.2, 0.25) is 5.95 Å². The van der Waals surface area contributed by atoms with E-state index in [1.54, 1.807) is 24.3 Å². The van der Waals surface area contributed by atoms with Gasteiger partial charge >= 0.3 is 0 Å². The van der Waals surface area contributed by atoms with Crippen LogP contribution in [0.4, 0.5) is 27.5 Å². The normalized spacial score (nSPS) is 10.4. The number of aryl methyl sites for hydroxylation is 1. The van der Waals surface area contributed by atoms with Crippen LogP contribution < -0.4 is 10.6 Å². The Labute approximate surface area is 141 Å². The Morgan fingerprint density at radius 3 is 2.35 bits per heavy atom. The summed E-state index contributed by atoms with van der Waals surface area (Å²) in [6.45, 7) is 1.86. The van der Waals surface area contributed by atoms with Crippen LogP contribution in [0.1, 0.15) is 5.69 Å². The molecule has 0 fully saturated rings. The minimum Gasteiger partial charge on any atom is -0.338 e. The van der Waals surface area contributed by atoms with Crippen molar-refractivity contribution in [1.82, 2.24) is 9.97 Å². The third-order valence-electron chi connectivity index (χ3n) is 3.11. The van der Waals surface area contributed by atoms with Crippen molar-refractivity contribution >= 4 is 39.1 Å². The lowest BCUT2D eigenvalue weighted by Gasteiger charge is -2.11. The second kappa shape index (κ2) is 6.75. The molecule has 0 saturated heterocycles. The van der Waals surface area contributed by atoms with Gasteiger partial charge in [0.25, 0.3) is 0 Å². The number of nitrogens with zero attached hydrogens (tertiary/aromatic N) is 2. The third-order valence-corrected chi connectivity index (χ3v) is 3.80. The first kappa shape index (κ1) is 15.4. The van der Waals surface area contributed by atoms with Crippen molar-refractivity contribution in [2.75, 3.05) is 10.6 Å². The molecule has 0 aliphatic heterocycles. The van der Waals surface area contributed by atoms with E-state index in [1.807, 2.05) is 31.2 Å². The summed E-state index contributed by atoms with van der Waals surface area (Å²) in [4.78, 5) is 8.74. The van der Waals surface area contributed by atoms with E-state index in [1.165, 1.54) is 6.07 Å². The predicted octanol–water partition coefficient (Wildman–Crippen LogP) is 5.17. The molecule has 3 rings (SSSR count). The fourth-order valence-corrected chi connectivity index (χ4v) is 2.46. The number of aromatic nitrogens is 2. The van der Waals surface area contributed by atoms with E-state index in [0.717, 1.165) is 15.9 Å². The highest BCUT2D eigenvalue weighted by Crippen LogP contribution is 2.25. The lowest BCUT2D eigenvalue weighted by molar-refractivity contribution is 0.632. The number of nitrogens with one attached hydrogen (secondary N) is 2. The molecule has 23 heavy (non-hydrogen) atoms. The molecule has 0 atom stereocenters. The molecule has 4 nitrogen and oxygen atoms in total. The summed E-state index contributed by atoms with van der Waals surface area (Å²) in [5.41, 5.74) is 2.00.